The van der Waals surface area contributed by atoms with Crippen LogP contribution in [0.4, 0.5) is 0 Å². The standard InChI is InChI=1S/C16H20N4O4/c1-10(8-14(21)22)9-17-16(23)15-11(2)20(19-18-15)12-4-6-13(24-3)7-5-12/h4-7,10H,8-9H2,1-3H3,(H,17,23)(H,21,22). The maximum atomic E-state index is 12.2. The molecule has 2 N–H and O–H groups in total. The number of carbonyl (C=O) groups is 2. The minimum Gasteiger partial charge on any atom is -0.497 e. The summed E-state index contributed by atoms with van der Waals surface area (Å²) in [4.78, 5) is 22.8. The fraction of sp³-hybridized carbons (Fsp3) is 0.375. The number of amides is 1. The van der Waals surface area contributed by atoms with Crippen molar-refractivity contribution in [2.75, 3.05) is 13.7 Å². The smallest absolute Gasteiger partial charge is 0.303 e. The Morgan fingerprint density at radius 2 is 2.00 bits per heavy atom. The first-order valence-electron chi connectivity index (χ1n) is 7.49. The van der Waals surface area contributed by atoms with Gasteiger partial charge in [-0.15, -0.1) is 5.10 Å². The van der Waals surface area contributed by atoms with E-state index in [0.29, 0.717) is 5.69 Å². The molecule has 1 aromatic heterocycles. The lowest BCUT2D eigenvalue weighted by atomic mass is 10.1. The fourth-order valence-corrected chi connectivity index (χ4v) is 2.23. The van der Waals surface area contributed by atoms with Crippen LogP contribution in [0.25, 0.3) is 5.69 Å². The van der Waals surface area contributed by atoms with Crippen LogP contribution in [0.5, 0.6) is 5.75 Å². The van der Waals surface area contributed by atoms with Gasteiger partial charge in [-0.05, 0) is 37.1 Å². The van der Waals surface area contributed by atoms with Gasteiger partial charge in [-0.3, -0.25) is 9.59 Å². The molecule has 1 heterocycles. The summed E-state index contributed by atoms with van der Waals surface area (Å²) in [6, 6.07) is 7.22. The first kappa shape index (κ1) is 17.5. The summed E-state index contributed by atoms with van der Waals surface area (Å²) in [5.41, 5.74) is 1.58. The second-order valence-corrected chi connectivity index (χ2v) is 5.55. The summed E-state index contributed by atoms with van der Waals surface area (Å²) < 4.78 is 6.67. The maximum Gasteiger partial charge on any atom is 0.303 e. The van der Waals surface area contributed by atoms with Gasteiger partial charge in [0.25, 0.3) is 5.91 Å². The molecular weight excluding hydrogens is 312 g/mol. The molecule has 0 aliphatic carbocycles. The van der Waals surface area contributed by atoms with E-state index < -0.39 is 5.97 Å². The number of carboxylic acids is 1. The summed E-state index contributed by atoms with van der Waals surface area (Å²) in [5, 5.41) is 19.4. The minimum absolute atomic E-state index is 0.00218. The van der Waals surface area contributed by atoms with Crippen molar-refractivity contribution in [1.82, 2.24) is 20.3 Å². The lowest BCUT2D eigenvalue weighted by Gasteiger charge is -2.09. The highest BCUT2D eigenvalue weighted by Crippen LogP contribution is 2.16. The molecule has 1 amide bonds. The third-order valence-electron chi connectivity index (χ3n) is 3.56. The Labute approximate surface area is 139 Å². The fourth-order valence-electron chi connectivity index (χ4n) is 2.23. The molecule has 1 atom stereocenters. The van der Waals surface area contributed by atoms with Crippen molar-refractivity contribution < 1.29 is 19.4 Å². The summed E-state index contributed by atoms with van der Waals surface area (Å²) >= 11 is 0. The van der Waals surface area contributed by atoms with E-state index in [4.69, 9.17) is 9.84 Å². The number of aliphatic carboxylic acids is 1. The largest absolute Gasteiger partial charge is 0.497 e. The highest BCUT2D eigenvalue weighted by Gasteiger charge is 2.18. The monoisotopic (exact) mass is 332 g/mol. The summed E-state index contributed by atoms with van der Waals surface area (Å²) in [6.07, 6.45) is -0.00218. The topological polar surface area (TPSA) is 106 Å². The van der Waals surface area contributed by atoms with Crippen LogP contribution in [0.3, 0.4) is 0 Å². The van der Waals surface area contributed by atoms with Crippen molar-refractivity contribution in [2.45, 2.75) is 20.3 Å². The first-order chi connectivity index (χ1) is 11.4. The molecule has 0 radical (unpaired) electrons. The van der Waals surface area contributed by atoms with Crippen molar-refractivity contribution in [3.63, 3.8) is 0 Å². The van der Waals surface area contributed by atoms with Gasteiger partial charge >= 0.3 is 5.97 Å². The van der Waals surface area contributed by atoms with Gasteiger partial charge in [0.15, 0.2) is 5.69 Å². The number of ether oxygens (including phenoxy) is 1. The van der Waals surface area contributed by atoms with Gasteiger partial charge in [-0.25, -0.2) is 4.68 Å². The highest BCUT2D eigenvalue weighted by atomic mass is 16.5. The van der Waals surface area contributed by atoms with Crippen molar-refractivity contribution in [3.8, 4) is 11.4 Å². The number of carbonyl (C=O) groups excluding carboxylic acids is 1. The molecule has 0 aliphatic heterocycles. The number of nitrogens with zero attached hydrogens (tertiary/aromatic N) is 3. The molecule has 0 aliphatic rings. The third kappa shape index (κ3) is 4.09. The average Bonchev–Trinajstić information content (AvgIpc) is 2.94. The Morgan fingerprint density at radius 1 is 1.33 bits per heavy atom. The second kappa shape index (κ2) is 7.58. The molecule has 128 valence electrons. The minimum atomic E-state index is -0.890. The molecule has 1 unspecified atom stereocenters. The number of rotatable bonds is 7. The Morgan fingerprint density at radius 3 is 2.58 bits per heavy atom. The van der Waals surface area contributed by atoms with Crippen LogP contribution < -0.4 is 10.1 Å². The number of nitrogens with one attached hydrogen (secondary N) is 1. The number of benzene rings is 1. The van der Waals surface area contributed by atoms with E-state index in [9.17, 15) is 9.59 Å². The Balaban J connectivity index is 2.08. The van der Waals surface area contributed by atoms with E-state index >= 15 is 0 Å². The number of methoxy groups -OCH3 is 1. The lowest BCUT2D eigenvalue weighted by Crippen LogP contribution is -2.30. The van der Waals surface area contributed by atoms with Crippen molar-refractivity contribution in [3.05, 3.63) is 35.7 Å². The van der Waals surface area contributed by atoms with Crippen LogP contribution in [0.2, 0.25) is 0 Å². The molecule has 0 fully saturated rings. The van der Waals surface area contributed by atoms with Gasteiger partial charge in [0.05, 0.1) is 18.5 Å². The van der Waals surface area contributed by atoms with Crippen LogP contribution in [0.1, 0.15) is 29.5 Å². The predicted octanol–water partition coefficient (Wildman–Crippen LogP) is 1.42. The number of carboxylic acid groups (broad SMARTS) is 1. The second-order valence-electron chi connectivity index (χ2n) is 5.55. The molecule has 2 rings (SSSR count). The number of hydrogen-bond donors (Lipinski definition) is 2. The summed E-state index contributed by atoms with van der Waals surface area (Å²) in [6.45, 7) is 3.77. The van der Waals surface area contributed by atoms with E-state index in [-0.39, 0.29) is 30.5 Å². The number of hydrogen-bond acceptors (Lipinski definition) is 5. The Kier molecular flexibility index (Phi) is 5.51. The van der Waals surface area contributed by atoms with Crippen molar-refractivity contribution in [2.24, 2.45) is 5.92 Å². The van der Waals surface area contributed by atoms with E-state index in [1.807, 2.05) is 12.1 Å². The van der Waals surface area contributed by atoms with Gasteiger partial charge in [-0.2, -0.15) is 0 Å². The van der Waals surface area contributed by atoms with Gasteiger partial charge in [0, 0.05) is 13.0 Å². The lowest BCUT2D eigenvalue weighted by molar-refractivity contribution is -0.137. The molecule has 8 nitrogen and oxygen atoms in total. The maximum absolute atomic E-state index is 12.2. The third-order valence-corrected chi connectivity index (χ3v) is 3.56. The molecule has 0 saturated carbocycles. The van der Waals surface area contributed by atoms with E-state index in [2.05, 4.69) is 15.6 Å². The van der Waals surface area contributed by atoms with Gasteiger partial charge in [0.2, 0.25) is 0 Å². The Bertz CT molecular complexity index is 724. The van der Waals surface area contributed by atoms with E-state index in [1.54, 1.807) is 37.8 Å². The van der Waals surface area contributed by atoms with E-state index in [1.165, 1.54) is 0 Å². The molecule has 0 saturated heterocycles. The van der Waals surface area contributed by atoms with E-state index in [0.717, 1.165) is 11.4 Å². The van der Waals surface area contributed by atoms with Gasteiger partial charge < -0.3 is 15.2 Å². The van der Waals surface area contributed by atoms with Crippen LogP contribution in [-0.2, 0) is 4.79 Å². The highest BCUT2D eigenvalue weighted by molar-refractivity contribution is 5.93. The van der Waals surface area contributed by atoms with Gasteiger partial charge in [-0.1, -0.05) is 12.1 Å². The van der Waals surface area contributed by atoms with Crippen molar-refractivity contribution in [1.29, 1.82) is 0 Å². The molecule has 24 heavy (non-hydrogen) atoms. The van der Waals surface area contributed by atoms with Crippen LogP contribution in [-0.4, -0.2) is 45.6 Å². The molecule has 1 aromatic carbocycles. The SMILES string of the molecule is COc1ccc(-n2nnc(C(=O)NCC(C)CC(=O)O)c2C)cc1. The zero-order valence-electron chi connectivity index (χ0n) is 13.8. The van der Waals surface area contributed by atoms with Crippen LogP contribution in [0.15, 0.2) is 24.3 Å². The Hall–Kier alpha value is -2.90. The zero-order valence-corrected chi connectivity index (χ0v) is 13.8. The quantitative estimate of drug-likeness (QED) is 0.794. The van der Waals surface area contributed by atoms with Gasteiger partial charge in [0.1, 0.15) is 5.75 Å². The molecule has 0 spiro atoms. The van der Waals surface area contributed by atoms with Crippen molar-refractivity contribution >= 4 is 11.9 Å². The predicted molar refractivity (Wildman–Crippen MR) is 86.4 cm³/mol. The summed E-state index contributed by atoms with van der Waals surface area (Å²) in [5.74, 6) is -0.701. The summed E-state index contributed by atoms with van der Waals surface area (Å²) in [7, 11) is 1.59. The average molecular weight is 332 g/mol. The number of aromatic nitrogens is 3. The molecule has 0 bridgehead atoms. The zero-order chi connectivity index (χ0) is 17.7. The first-order valence-corrected chi connectivity index (χ1v) is 7.49. The van der Waals surface area contributed by atoms with Crippen LogP contribution in [0, 0.1) is 12.8 Å². The van der Waals surface area contributed by atoms with Crippen LogP contribution >= 0.6 is 0 Å². The molecule has 8 heteroatoms. The molecular formula is C16H20N4O4. The molecule has 2 aromatic rings. The normalized spacial score (nSPS) is 11.8.